The molecule has 0 saturated carbocycles. The molecule has 2 fully saturated rings. The summed E-state index contributed by atoms with van der Waals surface area (Å²) in [6.45, 7) is 9.32. The lowest BCUT2D eigenvalue weighted by atomic mass is 9.93. The Morgan fingerprint density at radius 1 is 1.03 bits per heavy atom. The number of halogens is 1. The second-order valence-corrected chi connectivity index (χ2v) is 9.93. The van der Waals surface area contributed by atoms with Crippen LogP contribution in [0.5, 0.6) is 0 Å². The van der Waals surface area contributed by atoms with Crippen molar-refractivity contribution in [2.24, 2.45) is 11.7 Å². The highest BCUT2D eigenvalue weighted by Crippen LogP contribution is 2.35. The first kappa shape index (κ1) is 29.2. The summed E-state index contributed by atoms with van der Waals surface area (Å²) < 4.78 is 0. The highest BCUT2D eigenvalue weighted by Gasteiger charge is 2.48. The van der Waals surface area contributed by atoms with E-state index in [9.17, 15) is 14.4 Å². The maximum Gasteiger partial charge on any atom is 0.246 e. The number of nitrogens with two attached hydrogens (primary N) is 1. The topological polar surface area (TPSA) is 109 Å². The molecule has 8 nitrogen and oxygen atoms in total. The van der Waals surface area contributed by atoms with Crippen LogP contribution in [0.3, 0.4) is 0 Å². The molecule has 0 spiro atoms. The smallest absolute Gasteiger partial charge is 0.246 e. The standard InChI is InChI=1S/C29H35N5O3.ClH/c1-3-23(30)27(35)33-26-21(18-31-2)14-15-22-16-17-24(34(22)29(26)37)28(36)32-25(19-10-6-4-7-11-19)20-12-8-5-9-13-20;/h4-13,21-26H,3,14-18,30H2,1H3,(H,32,36)(H,33,35);1H/p-1/t21-,22+,23+,24+,26+;/m1./s1. The molecule has 5 atom stereocenters. The molecule has 0 unspecified atom stereocenters. The van der Waals surface area contributed by atoms with Crippen molar-refractivity contribution in [3.05, 3.63) is 83.2 Å². The number of rotatable bonds is 8. The molecule has 9 heteroatoms. The highest BCUT2D eigenvalue weighted by atomic mass is 35.5. The van der Waals surface area contributed by atoms with E-state index in [1.54, 1.807) is 4.90 Å². The minimum atomic E-state index is -0.864. The molecular weight excluding hydrogens is 502 g/mol. The first-order valence-corrected chi connectivity index (χ1v) is 13.1. The molecule has 0 aromatic heterocycles. The van der Waals surface area contributed by atoms with Crippen molar-refractivity contribution < 1.29 is 26.8 Å². The van der Waals surface area contributed by atoms with Gasteiger partial charge in [-0.3, -0.25) is 14.4 Å². The van der Waals surface area contributed by atoms with E-state index >= 15 is 0 Å². The van der Waals surface area contributed by atoms with Crippen LogP contribution in [0.4, 0.5) is 0 Å². The predicted molar refractivity (Wildman–Crippen MR) is 141 cm³/mol. The molecule has 4 N–H and O–H groups in total. The van der Waals surface area contributed by atoms with Crippen molar-refractivity contribution in [3.8, 4) is 0 Å². The lowest BCUT2D eigenvalue weighted by Gasteiger charge is -2.32. The Labute approximate surface area is 230 Å². The number of carbonyl (C=O) groups is 3. The number of amides is 3. The number of hydrogen-bond donors (Lipinski definition) is 3. The Hall–Kier alpha value is -3.41. The molecule has 2 aromatic rings. The molecule has 2 heterocycles. The third kappa shape index (κ3) is 6.35. The average molecular weight is 537 g/mol. The van der Waals surface area contributed by atoms with Crippen LogP contribution in [0, 0.1) is 12.5 Å². The van der Waals surface area contributed by atoms with Gasteiger partial charge in [-0.1, -0.05) is 67.6 Å². The van der Waals surface area contributed by atoms with Crippen LogP contribution < -0.4 is 28.8 Å². The fourth-order valence-corrected chi connectivity index (χ4v) is 5.52. The van der Waals surface area contributed by atoms with Crippen molar-refractivity contribution >= 4 is 17.7 Å². The van der Waals surface area contributed by atoms with Gasteiger partial charge in [0.05, 0.1) is 18.0 Å². The van der Waals surface area contributed by atoms with Gasteiger partial charge in [0.25, 0.3) is 0 Å². The van der Waals surface area contributed by atoms with Gasteiger partial charge in [0.2, 0.25) is 24.3 Å². The van der Waals surface area contributed by atoms with E-state index in [1.165, 1.54) is 0 Å². The third-order valence-electron chi connectivity index (χ3n) is 7.62. The van der Waals surface area contributed by atoms with Crippen LogP contribution in [0.15, 0.2) is 60.7 Å². The monoisotopic (exact) mass is 536 g/mol. The van der Waals surface area contributed by atoms with Crippen molar-refractivity contribution in [1.29, 1.82) is 0 Å². The lowest BCUT2D eigenvalue weighted by molar-refractivity contribution is -0.143. The molecule has 0 aliphatic carbocycles. The Kier molecular flexibility index (Phi) is 10.3. The maximum absolute atomic E-state index is 13.9. The van der Waals surface area contributed by atoms with Crippen LogP contribution in [-0.4, -0.2) is 53.3 Å². The predicted octanol–water partition coefficient (Wildman–Crippen LogP) is -0.193. The molecule has 2 aromatic carbocycles. The van der Waals surface area contributed by atoms with E-state index in [4.69, 9.17) is 12.3 Å². The Morgan fingerprint density at radius 2 is 1.61 bits per heavy atom. The second kappa shape index (κ2) is 13.4. The summed E-state index contributed by atoms with van der Waals surface area (Å²) in [5, 5.41) is 6.02. The quantitative estimate of drug-likeness (QED) is 0.406. The normalized spacial score (nSPS) is 23.4. The first-order chi connectivity index (χ1) is 17.9. The zero-order chi connectivity index (χ0) is 26.4. The van der Waals surface area contributed by atoms with Crippen LogP contribution >= 0.6 is 0 Å². The molecule has 202 valence electrons. The lowest BCUT2D eigenvalue weighted by Crippen LogP contribution is -3.00. The molecule has 2 saturated heterocycles. The van der Waals surface area contributed by atoms with Crippen molar-refractivity contribution in [1.82, 2.24) is 15.5 Å². The van der Waals surface area contributed by atoms with Gasteiger partial charge in [0, 0.05) is 6.04 Å². The SMILES string of the molecule is [C-]#[N+]C[C@H]1CC[C@H]2CC[C@@H](C(=O)NC(c3ccccc3)c3ccccc3)N2C(=O)[C@H]1NC(=O)[C@@H](N)CC.[Cl-]. The summed E-state index contributed by atoms with van der Waals surface area (Å²) in [6.07, 6.45) is 3.04. The summed E-state index contributed by atoms with van der Waals surface area (Å²) in [6, 6.07) is 16.8. The average Bonchev–Trinajstić information content (AvgIpc) is 3.32. The molecule has 0 radical (unpaired) electrons. The molecule has 2 aliphatic heterocycles. The van der Waals surface area contributed by atoms with Gasteiger partial charge in [-0.25, -0.2) is 6.57 Å². The number of nitrogens with one attached hydrogen (secondary N) is 2. The third-order valence-corrected chi connectivity index (χ3v) is 7.62. The molecule has 2 aliphatic rings. The summed E-state index contributed by atoms with van der Waals surface area (Å²) in [5.41, 5.74) is 7.83. The van der Waals surface area contributed by atoms with Gasteiger partial charge in [-0.15, -0.1) is 0 Å². The van der Waals surface area contributed by atoms with Gasteiger partial charge in [-0.2, -0.15) is 0 Å². The second-order valence-electron chi connectivity index (χ2n) is 9.93. The fraction of sp³-hybridized carbons (Fsp3) is 0.448. The van der Waals surface area contributed by atoms with E-state index in [1.807, 2.05) is 67.6 Å². The molecule has 38 heavy (non-hydrogen) atoms. The fourth-order valence-electron chi connectivity index (χ4n) is 5.52. The minimum absolute atomic E-state index is 0. The van der Waals surface area contributed by atoms with Gasteiger partial charge in [-0.05, 0) is 43.2 Å². The Bertz CT molecular complexity index is 1100. The number of benzene rings is 2. The number of hydrogen-bond acceptors (Lipinski definition) is 4. The Morgan fingerprint density at radius 3 is 2.16 bits per heavy atom. The molecule has 3 amide bonds. The maximum atomic E-state index is 13.9. The van der Waals surface area contributed by atoms with Gasteiger partial charge >= 0.3 is 0 Å². The summed E-state index contributed by atoms with van der Waals surface area (Å²) in [7, 11) is 0. The van der Waals surface area contributed by atoms with Gasteiger partial charge in [0.15, 0.2) is 0 Å². The minimum Gasteiger partial charge on any atom is -1.00 e. The first-order valence-electron chi connectivity index (χ1n) is 13.1. The van der Waals surface area contributed by atoms with Crippen LogP contribution in [0.2, 0.25) is 0 Å². The zero-order valence-electron chi connectivity index (χ0n) is 21.6. The van der Waals surface area contributed by atoms with Gasteiger partial charge in [0.1, 0.15) is 12.1 Å². The summed E-state index contributed by atoms with van der Waals surface area (Å²) in [4.78, 5) is 45.5. The summed E-state index contributed by atoms with van der Waals surface area (Å²) in [5.74, 6) is -1.22. The van der Waals surface area contributed by atoms with E-state index in [0.29, 0.717) is 32.1 Å². The molecule has 4 rings (SSSR count). The largest absolute Gasteiger partial charge is 1.00 e. The molecule has 0 bridgehead atoms. The van der Waals surface area contributed by atoms with E-state index < -0.39 is 24.0 Å². The zero-order valence-corrected chi connectivity index (χ0v) is 22.3. The summed E-state index contributed by atoms with van der Waals surface area (Å²) >= 11 is 0. The van der Waals surface area contributed by atoms with Crippen LogP contribution in [0.1, 0.15) is 56.2 Å². The Balaban J connectivity index is 0.00000400. The van der Waals surface area contributed by atoms with E-state index in [0.717, 1.165) is 11.1 Å². The van der Waals surface area contributed by atoms with Crippen LogP contribution in [-0.2, 0) is 14.4 Å². The molecular formula is C29H35ClN5O3-. The van der Waals surface area contributed by atoms with Crippen molar-refractivity contribution in [3.63, 3.8) is 0 Å². The number of carbonyl (C=O) groups excluding carboxylic acids is 3. The van der Waals surface area contributed by atoms with Gasteiger partial charge < -0.3 is 38.5 Å². The van der Waals surface area contributed by atoms with Crippen molar-refractivity contribution in [2.75, 3.05) is 6.54 Å². The van der Waals surface area contributed by atoms with E-state index in [-0.39, 0.29) is 48.8 Å². The van der Waals surface area contributed by atoms with Crippen molar-refractivity contribution in [2.45, 2.75) is 69.2 Å². The van der Waals surface area contributed by atoms with E-state index in [2.05, 4.69) is 15.5 Å². The van der Waals surface area contributed by atoms with Crippen LogP contribution in [0.25, 0.3) is 4.85 Å². The highest BCUT2D eigenvalue weighted by molar-refractivity contribution is 5.94. The number of fused-ring (bicyclic) bond motifs is 1. The number of nitrogens with zero attached hydrogens (tertiary/aromatic N) is 2.